The van der Waals surface area contributed by atoms with Crippen LogP contribution in [0.2, 0.25) is 0 Å². The van der Waals surface area contributed by atoms with Crippen LogP contribution < -0.4 is 18.1 Å². The molecule has 0 atom stereocenters. The first-order valence-corrected chi connectivity index (χ1v) is 3.85. The second-order valence-electron chi connectivity index (χ2n) is 2.07. The Morgan fingerprint density at radius 2 is 1.42 bits per heavy atom. The number of methoxy groups -OCH3 is 1. The Kier molecular flexibility index (Phi) is 16.7. The summed E-state index contributed by atoms with van der Waals surface area (Å²) in [7, 11) is 1.66. The minimum Gasteiger partial charge on any atom is -1.00 e. The lowest BCUT2D eigenvalue weighted by Gasteiger charge is -2.02. The summed E-state index contributed by atoms with van der Waals surface area (Å²) in [4.78, 5) is 0. The van der Waals surface area contributed by atoms with Crippen LogP contribution in [0.1, 0.15) is 0 Å². The Balaban J connectivity index is 0. The predicted molar refractivity (Wildman–Crippen MR) is 41.3 cm³/mol. The quantitative estimate of drug-likeness (QED) is 0.405. The Morgan fingerprint density at radius 1 is 0.917 bits per heavy atom. The molecule has 0 rings (SSSR count). The van der Waals surface area contributed by atoms with Gasteiger partial charge in [-0.1, -0.05) is 0 Å². The fourth-order valence-corrected chi connectivity index (χ4v) is 0.566. The third-order valence-corrected chi connectivity index (χ3v) is 1.09. The molecule has 0 aromatic rings. The van der Waals surface area contributed by atoms with Crippen molar-refractivity contribution in [3.8, 4) is 0 Å². The highest BCUT2D eigenvalue weighted by molar-refractivity contribution is 4.30. The van der Waals surface area contributed by atoms with E-state index in [4.69, 9.17) is 14.2 Å². The molecule has 0 amide bonds. The summed E-state index contributed by atoms with van der Waals surface area (Å²) in [6.45, 7) is 4.12. The van der Waals surface area contributed by atoms with E-state index in [0.29, 0.717) is 33.0 Å². The second-order valence-corrected chi connectivity index (χ2v) is 2.07. The monoisotopic (exact) mass is 199 g/mol. The SMILES string of the molecule is COCCOCCOCC[NH3+].[Cl-]. The molecule has 3 N–H and O–H groups in total. The van der Waals surface area contributed by atoms with Gasteiger partial charge in [0, 0.05) is 7.11 Å². The summed E-state index contributed by atoms with van der Waals surface area (Å²) >= 11 is 0. The molecule has 4 nitrogen and oxygen atoms in total. The molecule has 0 aliphatic rings. The van der Waals surface area contributed by atoms with Crippen molar-refractivity contribution < 1.29 is 32.4 Å². The molecular formula is C7H18ClNO3. The zero-order valence-corrected chi connectivity index (χ0v) is 8.31. The summed E-state index contributed by atoms with van der Waals surface area (Å²) in [5.41, 5.74) is 3.65. The molecule has 0 saturated heterocycles. The van der Waals surface area contributed by atoms with Gasteiger partial charge in [0.1, 0.15) is 0 Å². The van der Waals surface area contributed by atoms with Crippen molar-refractivity contribution in [1.29, 1.82) is 0 Å². The Morgan fingerprint density at radius 3 is 1.92 bits per heavy atom. The first kappa shape index (κ1) is 14.6. The van der Waals surface area contributed by atoms with Crippen molar-refractivity contribution >= 4 is 0 Å². The lowest BCUT2D eigenvalue weighted by molar-refractivity contribution is -0.374. The summed E-state index contributed by atoms with van der Waals surface area (Å²) in [5.74, 6) is 0. The number of halogens is 1. The van der Waals surface area contributed by atoms with Gasteiger partial charge in [-0.2, -0.15) is 0 Å². The van der Waals surface area contributed by atoms with Gasteiger partial charge in [0.15, 0.2) is 0 Å². The maximum Gasteiger partial charge on any atom is 0.0977 e. The summed E-state index contributed by atoms with van der Waals surface area (Å²) in [5, 5.41) is 0. The lowest BCUT2D eigenvalue weighted by atomic mass is 10.7. The molecule has 0 unspecified atom stereocenters. The fraction of sp³-hybridized carbons (Fsp3) is 1.00. The van der Waals surface area contributed by atoms with E-state index in [0.717, 1.165) is 6.54 Å². The molecule has 76 valence electrons. The van der Waals surface area contributed by atoms with E-state index in [1.54, 1.807) is 7.11 Å². The average molecular weight is 200 g/mol. The predicted octanol–water partition coefficient (Wildman–Crippen LogP) is -4.09. The van der Waals surface area contributed by atoms with Crippen LogP contribution in [-0.4, -0.2) is 46.7 Å². The standard InChI is InChI=1S/C7H17NO3.ClH/c1-9-4-5-11-7-6-10-3-2-8;/h2-8H2,1H3;1H. The van der Waals surface area contributed by atoms with E-state index in [-0.39, 0.29) is 12.4 Å². The molecule has 0 fully saturated rings. The van der Waals surface area contributed by atoms with Crippen molar-refractivity contribution in [2.45, 2.75) is 0 Å². The maximum atomic E-state index is 5.15. The van der Waals surface area contributed by atoms with E-state index in [2.05, 4.69) is 5.73 Å². The van der Waals surface area contributed by atoms with Crippen LogP contribution in [0.15, 0.2) is 0 Å². The molecule has 0 saturated carbocycles. The largest absolute Gasteiger partial charge is 1.00 e. The molecule has 0 spiro atoms. The number of rotatable bonds is 8. The number of hydrogen-bond donors (Lipinski definition) is 1. The highest BCUT2D eigenvalue weighted by atomic mass is 35.5. The van der Waals surface area contributed by atoms with Crippen molar-refractivity contribution in [2.24, 2.45) is 0 Å². The van der Waals surface area contributed by atoms with Crippen LogP contribution in [0, 0.1) is 0 Å². The Labute approximate surface area is 79.8 Å². The number of quaternary nitrogens is 1. The van der Waals surface area contributed by atoms with Gasteiger partial charge in [-0.25, -0.2) is 0 Å². The molecule has 0 bridgehead atoms. The molecule has 0 aliphatic heterocycles. The Hall–Kier alpha value is 0.130. The van der Waals surface area contributed by atoms with Gasteiger partial charge in [-0.05, 0) is 0 Å². The van der Waals surface area contributed by atoms with Crippen LogP contribution in [0.4, 0.5) is 0 Å². The number of ether oxygens (including phenoxy) is 3. The van der Waals surface area contributed by atoms with Crippen LogP contribution in [0.3, 0.4) is 0 Å². The second kappa shape index (κ2) is 13.7. The van der Waals surface area contributed by atoms with Gasteiger partial charge in [0.2, 0.25) is 0 Å². The van der Waals surface area contributed by atoms with E-state index in [1.807, 2.05) is 0 Å². The molecule has 0 aromatic carbocycles. The summed E-state index contributed by atoms with van der Waals surface area (Å²) in [6.07, 6.45) is 0. The van der Waals surface area contributed by atoms with E-state index < -0.39 is 0 Å². The summed E-state index contributed by atoms with van der Waals surface area (Å²) in [6, 6.07) is 0. The lowest BCUT2D eigenvalue weighted by Crippen LogP contribution is -3.00. The van der Waals surface area contributed by atoms with E-state index in [1.165, 1.54) is 0 Å². The highest BCUT2D eigenvalue weighted by Gasteiger charge is 1.88. The third kappa shape index (κ3) is 12.8. The van der Waals surface area contributed by atoms with Gasteiger partial charge in [0.25, 0.3) is 0 Å². The zero-order valence-electron chi connectivity index (χ0n) is 7.55. The van der Waals surface area contributed by atoms with Crippen molar-refractivity contribution in [3.63, 3.8) is 0 Å². The fourth-order valence-electron chi connectivity index (χ4n) is 0.566. The molecular weight excluding hydrogens is 182 g/mol. The van der Waals surface area contributed by atoms with Crippen molar-refractivity contribution in [3.05, 3.63) is 0 Å². The molecule has 5 heteroatoms. The minimum atomic E-state index is 0. The molecule has 0 radical (unpaired) electrons. The first-order valence-electron chi connectivity index (χ1n) is 3.85. The van der Waals surface area contributed by atoms with Gasteiger partial charge < -0.3 is 32.4 Å². The van der Waals surface area contributed by atoms with Gasteiger partial charge >= 0.3 is 0 Å². The average Bonchev–Trinajstić information content (AvgIpc) is 2.03. The van der Waals surface area contributed by atoms with Crippen LogP contribution in [-0.2, 0) is 14.2 Å². The van der Waals surface area contributed by atoms with Crippen LogP contribution in [0.5, 0.6) is 0 Å². The van der Waals surface area contributed by atoms with E-state index >= 15 is 0 Å². The van der Waals surface area contributed by atoms with Crippen LogP contribution >= 0.6 is 0 Å². The van der Waals surface area contributed by atoms with Gasteiger partial charge in [-0.15, -0.1) is 0 Å². The van der Waals surface area contributed by atoms with Gasteiger partial charge in [0.05, 0.1) is 39.6 Å². The highest BCUT2D eigenvalue weighted by Crippen LogP contribution is 1.77. The molecule has 0 heterocycles. The molecule has 0 aliphatic carbocycles. The third-order valence-electron chi connectivity index (χ3n) is 1.09. The van der Waals surface area contributed by atoms with Crippen molar-refractivity contribution in [2.75, 3.05) is 46.7 Å². The van der Waals surface area contributed by atoms with Gasteiger partial charge in [-0.3, -0.25) is 0 Å². The smallest absolute Gasteiger partial charge is 0.0977 e. The summed E-state index contributed by atoms with van der Waals surface area (Å²) < 4.78 is 15.1. The maximum absolute atomic E-state index is 5.15. The van der Waals surface area contributed by atoms with E-state index in [9.17, 15) is 0 Å². The Bertz CT molecular complexity index is 67.7. The number of hydrogen-bond acceptors (Lipinski definition) is 3. The topological polar surface area (TPSA) is 55.3 Å². The van der Waals surface area contributed by atoms with Crippen molar-refractivity contribution in [1.82, 2.24) is 0 Å². The molecule has 0 aromatic heterocycles. The zero-order chi connectivity index (χ0) is 8.36. The normalized spacial score (nSPS) is 9.50. The van der Waals surface area contributed by atoms with Crippen LogP contribution in [0.25, 0.3) is 0 Å². The minimum absolute atomic E-state index is 0. The first-order chi connectivity index (χ1) is 5.41. The molecule has 12 heavy (non-hydrogen) atoms.